The molecule has 0 spiro atoms. The zero-order valence-electron chi connectivity index (χ0n) is 13.3. The highest BCUT2D eigenvalue weighted by Crippen LogP contribution is 2.66. The fourth-order valence-corrected chi connectivity index (χ4v) is 4.57. The van der Waals surface area contributed by atoms with E-state index in [-0.39, 0.29) is 0 Å². The molecule has 0 saturated heterocycles. The van der Waals surface area contributed by atoms with Crippen LogP contribution in [0.5, 0.6) is 34.5 Å². The zero-order chi connectivity index (χ0) is 17.6. The van der Waals surface area contributed by atoms with Crippen molar-refractivity contribution in [2.75, 3.05) is 0 Å². The molecule has 0 heterocycles. The van der Waals surface area contributed by atoms with E-state index in [2.05, 4.69) is 0 Å². The predicted octanol–water partition coefficient (Wildman–Crippen LogP) is 2.64. The van der Waals surface area contributed by atoms with E-state index in [1.807, 2.05) is 13.8 Å². The Kier molecular flexibility index (Phi) is 2.47. The number of fused-ring (bicyclic) bond motifs is 1. The van der Waals surface area contributed by atoms with Gasteiger partial charge in [-0.05, 0) is 36.1 Å². The molecule has 2 aromatic rings. The molecule has 5 rings (SSSR count). The van der Waals surface area contributed by atoms with Gasteiger partial charge in [-0.3, -0.25) is 0 Å². The van der Waals surface area contributed by atoms with Crippen LogP contribution in [0.25, 0.3) is 0 Å². The first-order valence-corrected chi connectivity index (χ1v) is 7.70. The molecule has 6 nitrogen and oxygen atoms in total. The number of benzene rings is 2. The number of hydrogen-bond acceptors (Lipinski definition) is 6. The molecule has 24 heavy (non-hydrogen) atoms. The molecule has 126 valence electrons. The van der Waals surface area contributed by atoms with Gasteiger partial charge in [0.15, 0.2) is 23.0 Å². The first-order valence-electron chi connectivity index (χ1n) is 7.70. The van der Waals surface area contributed by atoms with Gasteiger partial charge >= 0.3 is 0 Å². The highest BCUT2D eigenvalue weighted by molar-refractivity contribution is 5.75. The van der Waals surface area contributed by atoms with E-state index >= 15 is 0 Å². The van der Waals surface area contributed by atoms with Gasteiger partial charge < -0.3 is 30.6 Å². The number of aromatic hydroxyl groups is 6. The molecule has 6 heteroatoms. The summed E-state index contributed by atoms with van der Waals surface area (Å²) in [6.45, 7) is 3.69. The van der Waals surface area contributed by atoms with E-state index in [0.717, 1.165) is 0 Å². The van der Waals surface area contributed by atoms with Crippen LogP contribution in [0.3, 0.4) is 0 Å². The Hall–Kier alpha value is -2.76. The Morgan fingerprint density at radius 2 is 0.958 bits per heavy atom. The molecule has 6 N–H and O–H groups in total. The molecule has 2 bridgehead atoms. The molecule has 0 saturated carbocycles. The third-order valence-electron chi connectivity index (χ3n) is 5.93. The second kappa shape index (κ2) is 4.01. The van der Waals surface area contributed by atoms with Crippen molar-refractivity contribution in [1.29, 1.82) is 0 Å². The van der Waals surface area contributed by atoms with E-state index in [0.29, 0.717) is 35.1 Å². The summed E-state index contributed by atoms with van der Waals surface area (Å²) in [5.41, 5.74) is 0.585. The molecule has 2 aromatic carbocycles. The number of phenolic OH excluding ortho intramolecular Hbond substituents is 6. The summed E-state index contributed by atoms with van der Waals surface area (Å²) in [6, 6.07) is 2.79. The Morgan fingerprint density at radius 1 is 0.625 bits per heavy atom. The van der Waals surface area contributed by atoms with Crippen molar-refractivity contribution in [3.8, 4) is 34.5 Å². The fraction of sp³-hybridized carbons (Fsp3) is 0.333. The number of rotatable bonds is 0. The Balaban J connectivity index is 2.20. The normalized spacial score (nSPS) is 26.9. The topological polar surface area (TPSA) is 121 Å². The van der Waals surface area contributed by atoms with Gasteiger partial charge in [-0.2, -0.15) is 0 Å². The van der Waals surface area contributed by atoms with Gasteiger partial charge in [0.05, 0.1) is 0 Å². The minimum Gasteiger partial charge on any atom is -0.504 e. The summed E-state index contributed by atoms with van der Waals surface area (Å²) in [5.74, 6) is -2.83. The smallest absolute Gasteiger partial charge is 0.200 e. The van der Waals surface area contributed by atoms with Crippen molar-refractivity contribution in [3.63, 3.8) is 0 Å². The van der Waals surface area contributed by atoms with Crippen molar-refractivity contribution >= 4 is 0 Å². The van der Waals surface area contributed by atoms with Gasteiger partial charge in [0.25, 0.3) is 0 Å². The van der Waals surface area contributed by atoms with Crippen LogP contribution in [0.15, 0.2) is 12.1 Å². The third kappa shape index (κ3) is 1.37. The van der Waals surface area contributed by atoms with Crippen molar-refractivity contribution in [1.82, 2.24) is 0 Å². The highest BCUT2D eigenvalue weighted by Gasteiger charge is 2.55. The summed E-state index contributed by atoms with van der Waals surface area (Å²) in [5, 5.41) is 60.7. The van der Waals surface area contributed by atoms with Gasteiger partial charge in [-0.15, -0.1) is 0 Å². The molecule has 0 aliphatic heterocycles. The molecule has 2 atom stereocenters. The Bertz CT molecular complexity index is 843. The van der Waals surface area contributed by atoms with Crippen LogP contribution in [0.4, 0.5) is 0 Å². The lowest BCUT2D eigenvalue weighted by atomic mass is 9.50. The van der Waals surface area contributed by atoms with Crippen molar-refractivity contribution in [3.05, 3.63) is 34.4 Å². The van der Waals surface area contributed by atoms with Gasteiger partial charge in [0.2, 0.25) is 11.5 Å². The lowest BCUT2D eigenvalue weighted by molar-refractivity contribution is 0.282. The molecule has 0 amide bonds. The molecule has 0 fully saturated rings. The van der Waals surface area contributed by atoms with Crippen LogP contribution >= 0.6 is 0 Å². The third-order valence-corrected chi connectivity index (χ3v) is 5.93. The molecular weight excluding hydrogens is 312 g/mol. The Labute approximate surface area is 137 Å². The van der Waals surface area contributed by atoms with Crippen molar-refractivity contribution in [2.24, 2.45) is 0 Å². The van der Waals surface area contributed by atoms with Crippen LogP contribution < -0.4 is 0 Å². The van der Waals surface area contributed by atoms with Crippen LogP contribution in [-0.4, -0.2) is 30.6 Å². The monoisotopic (exact) mass is 330 g/mol. The van der Waals surface area contributed by atoms with Crippen molar-refractivity contribution in [2.45, 2.75) is 37.5 Å². The number of hydrogen-bond donors (Lipinski definition) is 6. The zero-order valence-corrected chi connectivity index (χ0v) is 13.3. The lowest BCUT2D eigenvalue weighted by Gasteiger charge is -2.53. The summed E-state index contributed by atoms with van der Waals surface area (Å²) >= 11 is 0. The largest absolute Gasteiger partial charge is 0.504 e. The first kappa shape index (κ1) is 14.8. The maximum Gasteiger partial charge on any atom is 0.200 e. The molecule has 2 unspecified atom stereocenters. The van der Waals surface area contributed by atoms with E-state index in [1.54, 1.807) is 0 Å². The highest BCUT2D eigenvalue weighted by atomic mass is 16.3. The quantitative estimate of drug-likeness (QED) is 0.413. The van der Waals surface area contributed by atoms with Crippen molar-refractivity contribution < 1.29 is 30.6 Å². The minimum atomic E-state index is -0.777. The average Bonchev–Trinajstić information content (AvgIpc) is 2.52. The maximum absolute atomic E-state index is 10.5. The summed E-state index contributed by atoms with van der Waals surface area (Å²) in [6.07, 6.45) is 1.23. The van der Waals surface area contributed by atoms with Crippen LogP contribution in [-0.2, 0) is 10.8 Å². The summed E-state index contributed by atoms with van der Waals surface area (Å²) in [7, 11) is 0. The number of phenols is 6. The molecule has 3 aliphatic carbocycles. The van der Waals surface area contributed by atoms with Gasteiger partial charge in [-0.25, -0.2) is 0 Å². The molecule has 0 radical (unpaired) electrons. The predicted molar refractivity (Wildman–Crippen MR) is 85.0 cm³/mol. The van der Waals surface area contributed by atoms with Gasteiger partial charge in [0.1, 0.15) is 0 Å². The first-order chi connectivity index (χ1) is 11.1. The van der Waals surface area contributed by atoms with Gasteiger partial charge in [0, 0.05) is 22.0 Å². The standard InChI is InChI=1S/C18H18O6/c1-17-3-4-18(2,8-6-10(20)13(21)15(23)11(8)17)12-7(17)5-9(19)14(22)16(12)24/h5-6,19-24H,3-4H2,1-2H3. The van der Waals surface area contributed by atoms with Crippen LogP contribution in [0.1, 0.15) is 48.9 Å². The second-order valence-corrected chi connectivity index (χ2v) is 7.20. The fourth-order valence-electron chi connectivity index (χ4n) is 4.57. The van der Waals surface area contributed by atoms with E-state index < -0.39 is 45.3 Å². The second-order valence-electron chi connectivity index (χ2n) is 7.20. The van der Waals surface area contributed by atoms with Crippen LogP contribution in [0.2, 0.25) is 0 Å². The summed E-state index contributed by atoms with van der Waals surface area (Å²) in [4.78, 5) is 0. The Morgan fingerprint density at radius 3 is 1.29 bits per heavy atom. The molecular formula is C18H18O6. The maximum atomic E-state index is 10.5. The van der Waals surface area contributed by atoms with E-state index in [9.17, 15) is 30.6 Å². The van der Waals surface area contributed by atoms with Crippen LogP contribution in [0, 0.1) is 0 Å². The van der Waals surface area contributed by atoms with E-state index in [1.165, 1.54) is 12.1 Å². The van der Waals surface area contributed by atoms with Gasteiger partial charge in [-0.1, -0.05) is 13.8 Å². The SMILES string of the molecule is CC12CCC(C)(c3cc(O)c(O)c(O)c31)c1c2cc(O)c(O)c1O. The van der Waals surface area contributed by atoms with E-state index in [4.69, 9.17) is 0 Å². The summed E-state index contributed by atoms with van der Waals surface area (Å²) < 4.78 is 0. The lowest BCUT2D eigenvalue weighted by Crippen LogP contribution is -2.46. The minimum absolute atomic E-state index is 0.392. The molecule has 3 aliphatic rings. The molecule has 0 aromatic heterocycles. The average molecular weight is 330 g/mol.